The van der Waals surface area contributed by atoms with Crippen LogP contribution in [0.2, 0.25) is 0 Å². The van der Waals surface area contributed by atoms with Crippen LogP contribution in [0.25, 0.3) is 10.8 Å². The van der Waals surface area contributed by atoms with Gasteiger partial charge in [-0.1, -0.05) is 48.5 Å². The fourth-order valence-electron chi connectivity index (χ4n) is 2.06. The second-order valence-corrected chi connectivity index (χ2v) is 5.04. The van der Waals surface area contributed by atoms with Crippen LogP contribution >= 0.6 is 15.9 Å². The number of nitrogens with zero attached hydrogens (tertiary/aromatic N) is 2. The van der Waals surface area contributed by atoms with Crippen LogP contribution in [0.15, 0.2) is 64.0 Å². The van der Waals surface area contributed by atoms with Crippen LogP contribution in [-0.4, -0.2) is 9.78 Å². The summed E-state index contributed by atoms with van der Waals surface area (Å²) in [5.74, 6) is 0. The van der Waals surface area contributed by atoms with Crippen molar-refractivity contribution in [3.8, 4) is 0 Å². The summed E-state index contributed by atoms with van der Waals surface area (Å²) in [7, 11) is 0. The first-order valence-electron chi connectivity index (χ1n) is 5.95. The molecule has 1 aromatic heterocycles. The summed E-state index contributed by atoms with van der Waals surface area (Å²) < 4.78 is 2.18. The molecule has 0 unspecified atom stereocenters. The number of aromatic nitrogens is 2. The molecule has 0 saturated carbocycles. The normalized spacial score (nSPS) is 10.8. The largest absolute Gasteiger partial charge is 0.275 e. The van der Waals surface area contributed by atoms with Crippen LogP contribution in [0.4, 0.5) is 0 Å². The predicted molar refractivity (Wildman–Crippen MR) is 79.2 cm³/mol. The van der Waals surface area contributed by atoms with Gasteiger partial charge in [0.1, 0.15) is 4.60 Å². The Morgan fingerprint density at radius 1 is 0.947 bits per heavy atom. The molecule has 0 atom stereocenters. The number of benzene rings is 2. The van der Waals surface area contributed by atoms with Gasteiger partial charge in [0.25, 0.3) is 5.56 Å². The molecule has 2 aromatic carbocycles. The Morgan fingerprint density at radius 3 is 2.32 bits per heavy atom. The highest BCUT2D eigenvalue weighted by molar-refractivity contribution is 9.10. The van der Waals surface area contributed by atoms with Crippen molar-refractivity contribution >= 4 is 26.7 Å². The lowest BCUT2D eigenvalue weighted by molar-refractivity contribution is 0.640. The number of fused-ring (bicyclic) bond motifs is 1. The molecule has 0 saturated heterocycles. The summed E-state index contributed by atoms with van der Waals surface area (Å²) in [6.45, 7) is 0.475. The Kier molecular flexibility index (Phi) is 3.17. The maximum atomic E-state index is 12.4. The van der Waals surface area contributed by atoms with Crippen LogP contribution in [0.3, 0.4) is 0 Å². The lowest BCUT2D eigenvalue weighted by atomic mass is 10.2. The third kappa shape index (κ3) is 2.31. The van der Waals surface area contributed by atoms with Crippen LogP contribution in [0.5, 0.6) is 0 Å². The highest BCUT2D eigenvalue weighted by Gasteiger charge is 2.08. The minimum atomic E-state index is -0.0670. The molecular formula is C15H11BrN2O. The monoisotopic (exact) mass is 314 g/mol. The van der Waals surface area contributed by atoms with Gasteiger partial charge in [0.2, 0.25) is 0 Å². The summed E-state index contributed by atoms with van der Waals surface area (Å²) in [5, 5.41) is 5.84. The lowest BCUT2D eigenvalue weighted by Gasteiger charge is -2.07. The molecule has 0 aliphatic carbocycles. The highest BCUT2D eigenvalue weighted by Crippen LogP contribution is 2.18. The van der Waals surface area contributed by atoms with Crippen molar-refractivity contribution in [2.45, 2.75) is 6.54 Å². The van der Waals surface area contributed by atoms with E-state index >= 15 is 0 Å². The first-order chi connectivity index (χ1) is 9.25. The molecule has 0 amide bonds. The Morgan fingerprint density at radius 2 is 1.58 bits per heavy atom. The van der Waals surface area contributed by atoms with Crippen LogP contribution < -0.4 is 5.56 Å². The van der Waals surface area contributed by atoms with Gasteiger partial charge >= 0.3 is 0 Å². The fraction of sp³-hybridized carbons (Fsp3) is 0.0667. The second-order valence-electron chi connectivity index (χ2n) is 4.28. The molecule has 4 heteroatoms. The molecule has 3 nitrogen and oxygen atoms in total. The van der Waals surface area contributed by atoms with E-state index < -0.39 is 0 Å². The quantitative estimate of drug-likeness (QED) is 0.728. The Labute approximate surface area is 118 Å². The van der Waals surface area contributed by atoms with Gasteiger partial charge in [0, 0.05) is 5.39 Å². The SMILES string of the molecule is O=c1c2ccccc2c(Br)nn1Cc1ccccc1. The van der Waals surface area contributed by atoms with Gasteiger partial charge < -0.3 is 0 Å². The molecule has 0 spiro atoms. The van der Waals surface area contributed by atoms with E-state index in [1.807, 2.05) is 54.6 Å². The maximum Gasteiger partial charge on any atom is 0.275 e. The van der Waals surface area contributed by atoms with Crippen molar-refractivity contribution in [1.29, 1.82) is 0 Å². The third-order valence-corrected chi connectivity index (χ3v) is 3.58. The minimum Gasteiger partial charge on any atom is -0.267 e. The Bertz CT molecular complexity index is 781. The van der Waals surface area contributed by atoms with Gasteiger partial charge in [0.15, 0.2) is 0 Å². The molecule has 1 heterocycles. The van der Waals surface area contributed by atoms with Crippen molar-refractivity contribution in [3.63, 3.8) is 0 Å². The van der Waals surface area contributed by atoms with E-state index in [2.05, 4.69) is 21.0 Å². The number of hydrogen-bond acceptors (Lipinski definition) is 2. The minimum absolute atomic E-state index is 0.0670. The van der Waals surface area contributed by atoms with Gasteiger partial charge in [-0.25, -0.2) is 4.68 Å². The summed E-state index contributed by atoms with van der Waals surface area (Å²) in [5.41, 5.74) is 0.988. The van der Waals surface area contributed by atoms with Gasteiger partial charge in [-0.15, -0.1) is 0 Å². The standard InChI is InChI=1S/C15H11BrN2O/c16-14-12-8-4-5-9-13(12)15(19)18(17-14)10-11-6-2-1-3-7-11/h1-9H,10H2. The van der Waals surface area contributed by atoms with Gasteiger partial charge in [-0.3, -0.25) is 4.79 Å². The number of hydrogen-bond donors (Lipinski definition) is 0. The van der Waals surface area contributed by atoms with Gasteiger partial charge in [0.05, 0.1) is 11.9 Å². The molecule has 19 heavy (non-hydrogen) atoms. The summed E-state index contributed by atoms with van der Waals surface area (Å²) in [4.78, 5) is 12.4. The lowest BCUT2D eigenvalue weighted by Crippen LogP contribution is -2.23. The van der Waals surface area contributed by atoms with Crippen molar-refractivity contribution in [2.24, 2.45) is 0 Å². The van der Waals surface area contributed by atoms with Gasteiger partial charge in [-0.2, -0.15) is 5.10 Å². The van der Waals surface area contributed by atoms with Crippen LogP contribution in [-0.2, 0) is 6.54 Å². The zero-order valence-electron chi connectivity index (χ0n) is 10.1. The Hall–Kier alpha value is -1.94. The van der Waals surface area contributed by atoms with Crippen LogP contribution in [0.1, 0.15) is 5.56 Å². The molecule has 3 rings (SSSR count). The second kappa shape index (κ2) is 4.97. The van der Waals surface area contributed by atoms with Crippen molar-refractivity contribution < 1.29 is 0 Å². The smallest absolute Gasteiger partial charge is 0.267 e. The fourth-order valence-corrected chi connectivity index (χ4v) is 2.59. The summed E-state index contributed by atoms with van der Waals surface area (Å²) >= 11 is 3.42. The number of halogens is 1. The molecule has 0 aliphatic heterocycles. The Balaban J connectivity index is 2.15. The van der Waals surface area contributed by atoms with E-state index in [-0.39, 0.29) is 5.56 Å². The van der Waals surface area contributed by atoms with E-state index in [9.17, 15) is 4.79 Å². The molecular weight excluding hydrogens is 304 g/mol. The molecule has 0 aliphatic rings. The molecule has 0 bridgehead atoms. The van der Waals surface area contributed by atoms with E-state index in [0.717, 1.165) is 10.9 Å². The van der Waals surface area contributed by atoms with Crippen molar-refractivity contribution in [3.05, 3.63) is 75.1 Å². The third-order valence-electron chi connectivity index (χ3n) is 3.00. The molecule has 0 fully saturated rings. The topological polar surface area (TPSA) is 34.9 Å². The summed E-state index contributed by atoms with van der Waals surface area (Å²) in [6, 6.07) is 17.3. The molecule has 94 valence electrons. The number of rotatable bonds is 2. The average Bonchev–Trinajstić information content (AvgIpc) is 2.46. The zero-order chi connectivity index (χ0) is 13.2. The van der Waals surface area contributed by atoms with Crippen LogP contribution in [0, 0.1) is 0 Å². The van der Waals surface area contributed by atoms with Crippen molar-refractivity contribution in [1.82, 2.24) is 9.78 Å². The predicted octanol–water partition coefficient (Wildman–Crippen LogP) is 3.21. The highest BCUT2D eigenvalue weighted by atomic mass is 79.9. The zero-order valence-corrected chi connectivity index (χ0v) is 11.7. The average molecular weight is 315 g/mol. The van der Waals surface area contributed by atoms with Gasteiger partial charge in [-0.05, 0) is 27.6 Å². The first kappa shape index (κ1) is 12.1. The van der Waals surface area contributed by atoms with E-state index in [1.165, 1.54) is 4.68 Å². The van der Waals surface area contributed by atoms with Crippen molar-refractivity contribution in [2.75, 3.05) is 0 Å². The van der Waals surface area contributed by atoms with E-state index in [1.54, 1.807) is 0 Å². The first-order valence-corrected chi connectivity index (χ1v) is 6.74. The molecule has 0 radical (unpaired) electrons. The molecule has 0 N–H and O–H groups in total. The summed E-state index contributed by atoms with van der Waals surface area (Å²) in [6.07, 6.45) is 0. The van der Waals surface area contributed by atoms with E-state index in [4.69, 9.17) is 0 Å². The molecule has 3 aromatic rings. The maximum absolute atomic E-state index is 12.4. The van der Waals surface area contributed by atoms with E-state index in [0.29, 0.717) is 16.5 Å².